The van der Waals surface area contributed by atoms with Crippen molar-refractivity contribution in [2.24, 2.45) is 0 Å². The fraction of sp³-hybridized carbons (Fsp3) is 0.308. The summed E-state index contributed by atoms with van der Waals surface area (Å²) in [6, 6.07) is 8.83. The van der Waals surface area contributed by atoms with E-state index in [9.17, 15) is 13.2 Å². The molecule has 0 bridgehead atoms. The Labute approximate surface area is 108 Å². The Kier molecular flexibility index (Phi) is 3.90. The van der Waals surface area contributed by atoms with Gasteiger partial charge in [0.05, 0.1) is 6.61 Å². The number of nitrogens with zero attached hydrogens (tertiary/aromatic N) is 2. The summed E-state index contributed by atoms with van der Waals surface area (Å²) in [5.74, 6) is 0.240. The van der Waals surface area contributed by atoms with Gasteiger partial charge in [-0.25, -0.2) is 4.98 Å². The molecular formula is C13H13F3N2O. The zero-order valence-electron chi connectivity index (χ0n) is 10.1. The van der Waals surface area contributed by atoms with Crippen LogP contribution in [0.5, 0.6) is 0 Å². The van der Waals surface area contributed by atoms with E-state index >= 15 is 0 Å². The predicted octanol–water partition coefficient (Wildman–Crippen LogP) is 2.60. The second-order valence-corrected chi connectivity index (χ2v) is 4.12. The molecule has 1 aromatic heterocycles. The average molecular weight is 270 g/mol. The monoisotopic (exact) mass is 270 g/mol. The Bertz CT molecular complexity index is 552. The highest BCUT2D eigenvalue weighted by molar-refractivity contribution is 5.92. The van der Waals surface area contributed by atoms with Crippen molar-refractivity contribution < 1.29 is 18.3 Å². The van der Waals surface area contributed by atoms with Crippen LogP contribution in [0.1, 0.15) is 0 Å². The lowest BCUT2D eigenvalue weighted by Gasteiger charge is -2.25. The van der Waals surface area contributed by atoms with Crippen molar-refractivity contribution in [3.8, 4) is 0 Å². The molecule has 3 nitrogen and oxygen atoms in total. The molecule has 0 atom stereocenters. The Morgan fingerprint density at radius 3 is 2.58 bits per heavy atom. The number of benzene rings is 1. The molecule has 0 aliphatic heterocycles. The van der Waals surface area contributed by atoms with Crippen molar-refractivity contribution in [1.82, 2.24) is 4.98 Å². The summed E-state index contributed by atoms with van der Waals surface area (Å²) in [5.41, 5.74) is 0. The van der Waals surface area contributed by atoms with E-state index in [-0.39, 0.29) is 19.0 Å². The fourth-order valence-electron chi connectivity index (χ4n) is 1.95. The first kappa shape index (κ1) is 13.6. The number of pyridine rings is 1. The van der Waals surface area contributed by atoms with Crippen molar-refractivity contribution in [3.63, 3.8) is 0 Å². The Balaban J connectivity index is 2.44. The molecule has 1 heterocycles. The maximum absolute atomic E-state index is 12.6. The lowest BCUT2D eigenvalue weighted by Crippen LogP contribution is -2.36. The standard InChI is InChI=1S/C13H13F3N2O/c14-13(15,16)9-18(7-8-19)12-11-4-2-1-3-10(11)5-6-17-12/h1-6,19H,7-9H2. The molecule has 0 spiro atoms. The molecule has 0 aliphatic carbocycles. The minimum absolute atomic E-state index is 0.111. The summed E-state index contributed by atoms with van der Waals surface area (Å²) >= 11 is 0. The maximum Gasteiger partial charge on any atom is 0.405 e. The van der Waals surface area contributed by atoms with Crippen LogP contribution in [0.3, 0.4) is 0 Å². The van der Waals surface area contributed by atoms with Crippen LogP contribution < -0.4 is 4.90 Å². The van der Waals surface area contributed by atoms with Gasteiger partial charge in [-0.15, -0.1) is 0 Å². The summed E-state index contributed by atoms with van der Waals surface area (Å²) in [7, 11) is 0. The van der Waals surface area contributed by atoms with E-state index in [4.69, 9.17) is 5.11 Å². The van der Waals surface area contributed by atoms with Crippen molar-refractivity contribution in [2.75, 3.05) is 24.6 Å². The van der Waals surface area contributed by atoms with Crippen LogP contribution >= 0.6 is 0 Å². The van der Waals surface area contributed by atoms with Gasteiger partial charge in [0.15, 0.2) is 0 Å². The number of hydrogen-bond acceptors (Lipinski definition) is 3. The number of halogens is 3. The van der Waals surface area contributed by atoms with E-state index in [1.807, 2.05) is 12.1 Å². The molecule has 6 heteroatoms. The highest BCUT2D eigenvalue weighted by Crippen LogP contribution is 2.27. The quantitative estimate of drug-likeness (QED) is 0.927. The Hall–Kier alpha value is -1.82. The molecule has 102 valence electrons. The van der Waals surface area contributed by atoms with Gasteiger partial charge < -0.3 is 10.0 Å². The highest BCUT2D eigenvalue weighted by atomic mass is 19.4. The lowest BCUT2D eigenvalue weighted by molar-refractivity contribution is -0.119. The molecule has 0 saturated heterocycles. The maximum atomic E-state index is 12.6. The molecule has 0 amide bonds. The molecular weight excluding hydrogens is 257 g/mol. The summed E-state index contributed by atoms with van der Waals surface area (Å²) in [6.45, 7) is -1.60. The van der Waals surface area contributed by atoms with Gasteiger partial charge in [-0.3, -0.25) is 0 Å². The van der Waals surface area contributed by atoms with Gasteiger partial charge in [-0.1, -0.05) is 24.3 Å². The number of anilines is 1. The third-order valence-corrected chi connectivity index (χ3v) is 2.69. The molecule has 1 aromatic carbocycles. The van der Waals surface area contributed by atoms with Crippen molar-refractivity contribution in [2.45, 2.75) is 6.18 Å². The predicted molar refractivity (Wildman–Crippen MR) is 67.1 cm³/mol. The molecule has 0 radical (unpaired) electrons. The molecule has 19 heavy (non-hydrogen) atoms. The van der Waals surface area contributed by atoms with Gasteiger partial charge in [0.25, 0.3) is 0 Å². The van der Waals surface area contributed by atoms with Crippen molar-refractivity contribution >= 4 is 16.6 Å². The van der Waals surface area contributed by atoms with Crippen molar-refractivity contribution in [1.29, 1.82) is 0 Å². The van der Waals surface area contributed by atoms with Gasteiger partial charge in [-0.05, 0) is 11.5 Å². The number of aliphatic hydroxyl groups is 1. The summed E-state index contributed by atoms with van der Waals surface area (Å²) in [5, 5.41) is 10.4. The van der Waals surface area contributed by atoms with Crippen LogP contribution in [0.2, 0.25) is 0 Å². The third-order valence-electron chi connectivity index (χ3n) is 2.69. The topological polar surface area (TPSA) is 36.4 Å². The number of hydrogen-bond donors (Lipinski definition) is 1. The van der Waals surface area contributed by atoms with E-state index in [2.05, 4.69) is 4.98 Å². The molecule has 0 fully saturated rings. The molecule has 0 aliphatic rings. The van der Waals surface area contributed by atoms with E-state index in [0.717, 1.165) is 10.3 Å². The van der Waals surface area contributed by atoms with Gasteiger partial charge in [-0.2, -0.15) is 13.2 Å². The van der Waals surface area contributed by atoms with Crippen LogP contribution in [-0.4, -0.2) is 36.0 Å². The summed E-state index contributed by atoms with van der Waals surface area (Å²) in [4.78, 5) is 5.07. The zero-order chi connectivity index (χ0) is 13.9. The minimum atomic E-state index is -4.34. The van der Waals surface area contributed by atoms with Crippen LogP contribution in [-0.2, 0) is 0 Å². The van der Waals surface area contributed by atoms with Crippen LogP contribution in [0.4, 0.5) is 19.0 Å². The highest BCUT2D eigenvalue weighted by Gasteiger charge is 2.31. The van der Waals surface area contributed by atoms with Crippen LogP contribution in [0.25, 0.3) is 10.8 Å². The first-order valence-corrected chi connectivity index (χ1v) is 5.77. The number of aromatic nitrogens is 1. The summed E-state index contributed by atoms with van der Waals surface area (Å²) in [6.07, 6.45) is -2.87. The van der Waals surface area contributed by atoms with E-state index in [0.29, 0.717) is 5.39 Å². The molecule has 0 unspecified atom stereocenters. The van der Waals surface area contributed by atoms with Gasteiger partial charge in [0.2, 0.25) is 0 Å². The van der Waals surface area contributed by atoms with Gasteiger partial charge in [0.1, 0.15) is 12.4 Å². The first-order valence-electron chi connectivity index (χ1n) is 5.77. The summed E-state index contributed by atoms with van der Waals surface area (Å²) < 4.78 is 37.7. The van der Waals surface area contributed by atoms with Gasteiger partial charge >= 0.3 is 6.18 Å². The number of aliphatic hydroxyl groups excluding tert-OH is 1. The zero-order valence-corrected chi connectivity index (χ0v) is 10.1. The SMILES string of the molecule is OCCN(CC(F)(F)F)c1nccc2ccccc12. The van der Waals surface area contributed by atoms with E-state index < -0.39 is 12.7 Å². The smallest absolute Gasteiger partial charge is 0.395 e. The fourth-order valence-corrected chi connectivity index (χ4v) is 1.95. The van der Waals surface area contributed by atoms with Gasteiger partial charge in [0, 0.05) is 18.1 Å². The van der Waals surface area contributed by atoms with Crippen molar-refractivity contribution in [3.05, 3.63) is 36.5 Å². The third kappa shape index (κ3) is 3.35. The van der Waals surface area contributed by atoms with E-state index in [1.165, 1.54) is 6.20 Å². The molecule has 1 N–H and O–H groups in total. The molecule has 2 aromatic rings. The van der Waals surface area contributed by atoms with E-state index in [1.54, 1.807) is 18.2 Å². The normalized spacial score (nSPS) is 11.8. The average Bonchev–Trinajstić information content (AvgIpc) is 2.36. The largest absolute Gasteiger partial charge is 0.405 e. The second kappa shape index (κ2) is 5.44. The second-order valence-electron chi connectivity index (χ2n) is 4.12. The van der Waals surface area contributed by atoms with Crippen LogP contribution in [0, 0.1) is 0 Å². The number of rotatable bonds is 4. The molecule has 2 rings (SSSR count). The lowest BCUT2D eigenvalue weighted by atomic mass is 10.1. The molecule has 0 saturated carbocycles. The minimum Gasteiger partial charge on any atom is -0.395 e. The van der Waals surface area contributed by atoms with Crippen LogP contribution in [0.15, 0.2) is 36.5 Å². The number of fused-ring (bicyclic) bond motifs is 1. The number of alkyl halides is 3. The Morgan fingerprint density at radius 1 is 1.16 bits per heavy atom. The first-order chi connectivity index (χ1) is 9.01. The Morgan fingerprint density at radius 2 is 1.89 bits per heavy atom.